The number of ether oxygens (including phenoxy) is 3. The maximum Gasteiger partial charge on any atom is 0.307 e. The molecule has 0 aliphatic carbocycles. The molecule has 0 spiro atoms. The summed E-state index contributed by atoms with van der Waals surface area (Å²) in [5.41, 5.74) is 0.407. The quantitative estimate of drug-likeness (QED) is 0.676. The Hall–Kier alpha value is -2.68. The van der Waals surface area contributed by atoms with Crippen molar-refractivity contribution >= 4 is 27.8 Å². The molecule has 0 unspecified atom stereocenters. The molecular formula is C19H16BrF2NO5. The SMILES string of the molecule is O=C(CCNC(=O)c1ccc(F)cc1F)OCc1cc2c(cc1Br)OCCO2. The van der Waals surface area contributed by atoms with Gasteiger partial charge in [0.25, 0.3) is 5.91 Å². The molecule has 6 nitrogen and oxygen atoms in total. The Kier molecular flexibility index (Phi) is 6.45. The third-order valence-corrected chi connectivity index (χ3v) is 4.63. The molecule has 0 atom stereocenters. The summed E-state index contributed by atoms with van der Waals surface area (Å²) in [6.07, 6.45) is -0.100. The minimum absolute atomic E-state index is 0.0105. The van der Waals surface area contributed by atoms with Gasteiger partial charge < -0.3 is 19.5 Å². The summed E-state index contributed by atoms with van der Waals surface area (Å²) in [6.45, 7) is 0.886. The molecule has 0 fully saturated rings. The molecule has 0 radical (unpaired) electrons. The summed E-state index contributed by atoms with van der Waals surface area (Å²) in [5, 5.41) is 2.39. The summed E-state index contributed by atoms with van der Waals surface area (Å²) in [6, 6.07) is 6.11. The maximum atomic E-state index is 13.5. The third-order valence-electron chi connectivity index (χ3n) is 3.89. The number of nitrogens with one attached hydrogen (secondary N) is 1. The van der Waals surface area contributed by atoms with E-state index in [9.17, 15) is 18.4 Å². The summed E-state index contributed by atoms with van der Waals surface area (Å²) >= 11 is 3.39. The Balaban J connectivity index is 1.46. The predicted octanol–water partition coefficient (Wildman–Crippen LogP) is 3.36. The zero-order valence-corrected chi connectivity index (χ0v) is 16.2. The lowest BCUT2D eigenvalue weighted by Crippen LogP contribution is -2.27. The van der Waals surface area contributed by atoms with E-state index in [0.717, 1.165) is 12.1 Å². The molecule has 148 valence electrons. The van der Waals surface area contributed by atoms with E-state index in [1.165, 1.54) is 0 Å². The van der Waals surface area contributed by atoms with Gasteiger partial charge in [0, 0.05) is 22.6 Å². The van der Waals surface area contributed by atoms with Crippen molar-refractivity contribution in [3.8, 4) is 11.5 Å². The zero-order valence-electron chi connectivity index (χ0n) is 14.6. The average Bonchev–Trinajstić information content (AvgIpc) is 2.66. The van der Waals surface area contributed by atoms with E-state index in [2.05, 4.69) is 21.2 Å². The molecule has 28 heavy (non-hydrogen) atoms. The lowest BCUT2D eigenvalue weighted by atomic mass is 10.2. The third kappa shape index (κ3) is 4.98. The summed E-state index contributed by atoms with van der Waals surface area (Å²) in [4.78, 5) is 23.7. The second kappa shape index (κ2) is 9.01. The zero-order chi connectivity index (χ0) is 20.1. The molecule has 2 aromatic rings. The van der Waals surface area contributed by atoms with Gasteiger partial charge in [-0.05, 0) is 24.3 Å². The van der Waals surface area contributed by atoms with Crippen molar-refractivity contribution in [2.24, 2.45) is 0 Å². The van der Waals surface area contributed by atoms with Crippen molar-refractivity contribution in [3.63, 3.8) is 0 Å². The van der Waals surface area contributed by atoms with Crippen LogP contribution in [0, 0.1) is 11.6 Å². The highest BCUT2D eigenvalue weighted by Gasteiger charge is 2.16. The second-order valence-corrected chi connectivity index (χ2v) is 6.73. The van der Waals surface area contributed by atoms with E-state index in [0.29, 0.717) is 40.8 Å². The number of amides is 1. The van der Waals surface area contributed by atoms with Crippen LogP contribution in [0.2, 0.25) is 0 Å². The normalized spacial score (nSPS) is 12.4. The number of halogens is 3. The van der Waals surface area contributed by atoms with Crippen LogP contribution in [0.4, 0.5) is 8.78 Å². The maximum absolute atomic E-state index is 13.5. The Morgan fingerprint density at radius 3 is 2.54 bits per heavy atom. The molecular weight excluding hydrogens is 440 g/mol. The van der Waals surface area contributed by atoms with Crippen LogP contribution >= 0.6 is 15.9 Å². The van der Waals surface area contributed by atoms with E-state index in [4.69, 9.17) is 14.2 Å². The van der Waals surface area contributed by atoms with Gasteiger partial charge in [0.1, 0.15) is 31.5 Å². The fraction of sp³-hybridized carbons (Fsp3) is 0.263. The first-order chi connectivity index (χ1) is 13.4. The van der Waals surface area contributed by atoms with Gasteiger partial charge >= 0.3 is 5.97 Å². The fourth-order valence-corrected chi connectivity index (χ4v) is 2.93. The number of benzene rings is 2. The minimum Gasteiger partial charge on any atom is -0.486 e. The Bertz CT molecular complexity index is 906. The Morgan fingerprint density at radius 2 is 1.82 bits per heavy atom. The largest absolute Gasteiger partial charge is 0.486 e. The fourth-order valence-electron chi connectivity index (χ4n) is 2.49. The molecule has 1 heterocycles. The van der Waals surface area contributed by atoms with E-state index in [1.807, 2.05) is 0 Å². The molecule has 1 aliphatic heterocycles. The highest BCUT2D eigenvalue weighted by atomic mass is 79.9. The van der Waals surface area contributed by atoms with Gasteiger partial charge in [-0.25, -0.2) is 8.78 Å². The summed E-state index contributed by atoms with van der Waals surface area (Å²) in [7, 11) is 0. The van der Waals surface area contributed by atoms with Crippen molar-refractivity contribution < 1.29 is 32.6 Å². The first-order valence-corrected chi connectivity index (χ1v) is 9.20. The number of esters is 1. The standard InChI is InChI=1S/C19H16BrF2NO5/c20-14-9-17-16(26-5-6-27-17)7-11(14)10-28-18(24)3-4-23-19(25)13-2-1-12(21)8-15(13)22/h1-2,7-9H,3-6,10H2,(H,23,25). The molecule has 1 N–H and O–H groups in total. The monoisotopic (exact) mass is 455 g/mol. The van der Waals surface area contributed by atoms with E-state index >= 15 is 0 Å². The van der Waals surface area contributed by atoms with Gasteiger partial charge in [-0.3, -0.25) is 9.59 Å². The molecule has 0 aromatic heterocycles. The molecule has 1 aliphatic rings. The number of rotatable bonds is 6. The van der Waals surface area contributed by atoms with Crippen LogP contribution in [0.15, 0.2) is 34.8 Å². The predicted molar refractivity (Wildman–Crippen MR) is 98.2 cm³/mol. The molecule has 3 rings (SSSR count). The van der Waals surface area contributed by atoms with Crippen LogP contribution in [0.3, 0.4) is 0 Å². The van der Waals surface area contributed by atoms with Crippen LogP contribution in [0.5, 0.6) is 11.5 Å². The van der Waals surface area contributed by atoms with Crippen LogP contribution in [0.25, 0.3) is 0 Å². The second-order valence-electron chi connectivity index (χ2n) is 5.88. The summed E-state index contributed by atoms with van der Waals surface area (Å²) in [5.74, 6) is -1.83. The van der Waals surface area contributed by atoms with E-state index in [-0.39, 0.29) is 25.1 Å². The van der Waals surface area contributed by atoms with Gasteiger partial charge in [0.2, 0.25) is 0 Å². The van der Waals surface area contributed by atoms with E-state index in [1.54, 1.807) is 12.1 Å². The summed E-state index contributed by atoms with van der Waals surface area (Å²) < 4.78 is 43.3. The van der Waals surface area contributed by atoms with Crippen molar-refractivity contribution in [2.45, 2.75) is 13.0 Å². The smallest absolute Gasteiger partial charge is 0.307 e. The van der Waals surface area contributed by atoms with Crippen LogP contribution in [0.1, 0.15) is 22.3 Å². The lowest BCUT2D eigenvalue weighted by molar-refractivity contribution is -0.144. The molecule has 9 heteroatoms. The molecule has 0 saturated carbocycles. The van der Waals surface area contributed by atoms with Gasteiger partial charge in [-0.1, -0.05) is 15.9 Å². The minimum atomic E-state index is -0.969. The number of hydrogen-bond acceptors (Lipinski definition) is 5. The van der Waals surface area contributed by atoms with Gasteiger partial charge in [0.05, 0.1) is 12.0 Å². The van der Waals surface area contributed by atoms with Gasteiger partial charge in [-0.2, -0.15) is 0 Å². The van der Waals surface area contributed by atoms with Crippen molar-refractivity contribution in [1.29, 1.82) is 0 Å². The van der Waals surface area contributed by atoms with Gasteiger partial charge in [0.15, 0.2) is 11.5 Å². The molecule has 1 amide bonds. The number of fused-ring (bicyclic) bond motifs is 1. The number of carbonyl (C=O) groups is 2. The van der Waals surface area contributed by atoms with Crippen molar-refractivity contribution in [3.05, 3.63) is 57.6 Å². The molecule has 0 bridgehead atoms. The van der Waals surface area contributed by atoms with Crippen molar-refractivity contribution in [2.75, 3.05) is 19.8 Å². The average molecular weight is 456 g/mol. The van der Waals surface area contributed by atoms with Crippen LogP contribution < -0.4 is 14.8 Å². The van der Waals surface area contributed by atoms with Gasteiger partial charge in [-0.15, -0.1) is 0 Å². The van der Waals surface area contributed by atoms with E-state index < -0.39 is 23.5 Å². The highest BCUT2D eigenvalue weighted by Crippen LogP contribution is 2.35. The molecule has 0 saturated heterocycles. The first-order valence-electron chi connectivity index (χ1n) is 8.41. The topological polar surface area (TPSA) is 73.9 Å². The lowest BCUT2D eigenvalue weighted by Gasteiger charge is -2.19. The van der Waals surface area contributed by atoms with Crippen molar-refractivity contribution in [1.82, 2.24) is 5.32 Å². The highest BCUT2D eigenvalue weighted by molar-refractivity contribution is 9.10. The van der Waals surface area contributed by atoms with Crippen LogP contribution in [-0.4, -0.2) is 31.6 Å². The Labute approximate surface area is 167 Å². The molecule has 2 aromatic carbocycles. The Morgan fingerprint density at radius 1 is 1.11 bits per heavy atom. The van der Waals surface area contributed by atoms with Crippen LogP contribution in [-0.2, 0) is 16.1 Å². The first kappa shape index (κ1) is 20.1. The number of hydrogen-bond donors (Lipinski definition) is 1. The number of carbonyl (C=O) groups excluding carboxylic acids is 2.